The Hall–Kier alpha value is -2.37. The molecule has 1 N–H and O–H groups in total. The summed E-state index contributed by atoms with van der Waals surface area (Å²) < 4.78 is 7.21. The van der Waals surface area contributed by atoms with Crippen molar-refractivity contribution in [1.29, 1.82) is 0 Å². The molecule has 2 unspecified atom stereocenters. The summed E-state index contributed by atoms with van der Waals surface area (Å²) >= 11 is 0. The minimum Gasteiger partial charge on any atom is -0.480 e. The van der Waals surface area contributed by atoms with Gasteiger partial charge in [0.1, 0.15) is 5.56 Å². The molecule has 1 fully saturated rings. The Kier molecular flexibility index (Phi) is 3.85. The third-order valence-corrected chi connectivity index (χ3v) is 3.91. The standard InChI is InChI=1S/C15H18N4O2/c1-21-15-11(4-3-7-17-15)14(20)18-12-5-2-6-13(12)19-9-8-16-10-19/h3-4,7-10,12-13H,2,5-6H2,1H3,(H,18,20). The number of rotatable bonds is 4. The van der Waals surface area contributed by atoms with Crippen molar-refractivity contribution < 1.29 is 9.53 Å². The molecule has 6 nitrogen and oxygen atoms in total. The summed E-state index contributed by atoms with van der Waals surface area (Å²) in [4.78, 5) is 20.6. The number of carbonyl (C=O) groups excluding carboxylic acids is 1. The zero-order chi connectivity index (χ0) is 14.7. The van der Waals surface area contributed by atoms with E-state index in [1.54, 1.807) is 30.9 Å². The van der Waals surface area contributed by atoms with Gasteiger partial charge in [-0.2, -0.15) is 0 Å². The molecule has 1 aliphatic rings. The number of aromatic nitrogens is 3. The highest BCUT2D eigenvalue weighted by molar-refractivity contribution is 5.96. The van der Waals surface area contributed by atoms with Crippen LogP contribution in [0, 0.1) is 0 Å². The van der Waals surface area contributed by atoms with Gasteiger partial charge in [0, 0.05) is 24.6 Å². The van der Waals surface area contributed by atoms with Crippen LogP contribution in [0.3, 0.4) is 0 Å². The smallest absolute Gasteiger partial charge is 0.257 e. The molecule has 0 aromatic carbocycles. The summed E-state index contributed by atoms with van der Waals surface area (Å²) in [5.74, 6) is 0.212. The quantitative estimate of drug-likeness (QED) is 0.930. The van der Waals surface area contributed by atoms with Crippen molar-refractivity contribution >= 4 is 5.91 Å². The van der Waals surface area contributed by atoms with Crippen LogP contribution in [0.25, 0.3) is 0 Å². The average molecular weight is 286 g/mol. The topological polar surface area (TPSA) is 69.0 Å². The number of carbonyl (C=O) groups is 1. The maximum Gasteiger partial charge on any atom is 0.257 e. The van der Waals surface area contributed by atoms with Crippen LogP contribution in [0.2, 0.25) is 0 Å². The van der Waals surface area contributed by atoms with Crippen molar-refractivity contribution in [3.63, 3.8) is 0 Å². The number of hydrogen-bond donors (Lipinski definition) is 1. The Morgan fingerprint density at radius 2 is 2.33 bits per heavy atom. The molecule has 1 saturated carbocycles. The highest BCUT2D eigenvalue weighted by Gasteiger charge is 2.30. The van der Waals surface area contributed by atoms with E-state index in [0.29, 0.717) is 11.4 Å². The van der Waals surface area contributed by atoms with Crippen molar-refractivity contribution in [2.75, 3.05) is 7.11 Å². The Bertz CT molecular complexity index is 612. The minimum absolute atomic E-state index is 0.108. The van der Waals surface area contributed by atoms with E-state index in [4.69, 9.17) is 4.74 Å². The summed E-state index contributed by atoms with van der Waals surface area (Å²) in [6, 6.07) is 3.83. The average Bonchev–Trinajstić information content (AvgIpc) is 3.17. The molecule has 2 aromatic rings. The normalized spacial score (nSPS) is 21.2. The second-order valence-corrected chi connectivity index (χ2v) is 5.15. The van der Waals surface area contributed by atoms with E-state index in [1.165, 1.54) is 7.11 Å². The Morgan fingerprint density at radius 3 is 3.10 bits per heavy atom. The van der Waals surface area contributed by atoms with Crippen LogP contribution in [0.15, 0.2) is 37.1 Å². The van der Waals surface area contributed by atoms with Crippen LogP contribution in [-0.2, 0) is 0 Å². The second-order valence-electron chi connectivity index (χ2n) is 5.15. The van der Waals surface area contributed by atoms with Crippen molar-refractivity contribution in [3.8, 4) is 5.88 Å². The zero-order valence-electron chi connectivity index (χ0n) is 11.9. The lowest BCUT2D eigenvalue weighted by atomic mass is 10.1. The highest BCUT2D eigenvalue weighted by atomic mass is 16.5. The molecule has 0 radical (unpaired) electrons. The van der Waals surface area contributed by atoms with E-state index in [0.717, 1.165) is 19.3 Å². The number of methoxy groups -OCH3 is 1. The summed E-state index contributed by atoms with van der Waals surface area (Å²) in [5.41, 5.74) is 0.469. The SMILES string of the molecule is COc1ncccc1C(=O)NC1CCCC1n1ccnc1. The summed E-state index contributed by atoms with van der Waals surface area (Å²) in [6.45, 7) is 0. The van der Waals surface area contributed by atoms with Crippen LogP contribution < -0.4 is 10.1 Å². The number of nitrogens with one attached hydrogen (secondary N) is 1. The molecule has 0 aliphatic heterocycles. The molecule has 3 rings (SSSR count). The lowest BCUT2D eigenvalue weighted by Crippen LogP contribution is -2.38. The fourth-order valence-corrected chi connectivity index (χ4v) is 2.90. The first-order chi connectivity index (χ1) is 10.3. The van der Waals surface area contributed by atoms with Gasteiger partial charge in [-0.1, -0.05) is 0 Å². The Balaban J connectivity index is 1.75. The van der Waals surface area contributed by atoms with Crippen molar-refractivity contribution in [2.45, 2.75) is 31.3 Å². The number of hydrogen-bond acceptors (Lipinski definition) is 4. The highest BCUT2D eigenvalue weighted by Crippen LogP contribution is 2.30. The minimum atomic E-state index is -0.142. The molecule has 0 saturated heterocycles. The predicted molar refractivity (Wildman–Crippen MR) is 77.2 cm³/mol. The monoisotopic (exact) mass is 286 g/mol. The molecular weight excluding hydrogens is 268 g/mol. The Labute approximate surface area is 123 Å². The zero-order valence-corrected chi connectivity index (χ0v) is 11.9. The molecular formula is C15H18N4O2. The van der Waals surface area contributed by atoms with Crippen LogP contribution in [0.1, 0.15) is 35.7 Å². The van der Waals surface area contributed by atoms with Gasteiger partial charge in [0.15, 0.2) is 0 Å². The molecule has 1 aliphatic carbocycles. The molecule has 2 atom stereocenters. The number of pyridine rings is 1. The van der Waals surface area contributed by atoms with Gasteiger partial charge in [0.2, 0.25) is 5.88 Å². The van der Waals surface area contributed by atoms with Crippen LogP contribution in [0.5, 0.6) is 5.88 Å². The summed E-state index contributed by atoms with van der Waals surface area (Å²) in [5, 5.41) is 3.10. The lowest BCUT2D eigenvalue weighted by molar-refractivity contribution is 0.0925. The molecule has 0 bridgehead atoms. The van der Waals surface area contributed by atoms with E-state index in [9.17, 15) is 4.79 Å². The van der Waals surface area contributed by atoms with Crippen LogP contribution >= 0.6 is 0 Å². The van der Waals surface area contributed by atoms with Crippen LogP contribution in [0.4, 0.5) is 0 Å². The van der Waals surface area contributed by atoms with Gasteiger partial charge >= 0.3 is 0 Å². The van der Waals surface area contributed by atoms with E-state index in [2.05, 4.69) is 19.9 Å². The third-order valence-electron chi connectivity index (χ3n) is 3.91. The molecule has 2 aromatic heterocycles. The van der Waals surface area contributed by atoms with Gasteiger partial charge in [0.05, 0.1) is 19.5 Å². The maximum absolute atomic E-state index is 12.4. The fourth-order valence-electron chi connectivity index (χ4n) is 2.90. The Morgan fingerprint density at radius 1 is 1.43 bits per heavy atom. The van der Waals surface area contributed by atoms with E-state index in [-0.39, 0.29) is 18.0 Å². The molecule has 1 amide bonds. The van der Waals surface area contributed by atoms with Crippen molar-refractivity contribution in [2.24, 2.45) is 0 Å². The number of ether oxygens (including phenoxy) is 1. The van der Waals surface area contributed by atoms with E-state index in [1.807, 2.05) is 6.20 Å². The van der Waals surface area contributed by atoms with E-state index >= 15 is 0 Å². The van der Waals surface area contributed by atoms with Gasteiger partial charge in [-0.05, 0) is 31.4 Å². The van der Waals surface area contributed by atoms with Gasteiger partial charge < -0.3 is 14.6 Å². The van der Waals surface area contributed by atoms with Gasteiger partial charge in [-0.15, -0.1) is 0 Å². The second kappa shape index (κ2) is 5.95. The molecule has 21 heavy (non-hydrogen) atoms. The molecule has 0 spiro atoms. The summed E-state index contributed by atoms with van der Waals surface area (Å²) in [6.07, 6.45) is 10.2. The number of imidazole rings is 1. The predicted octanol–water partition coefficient (Wildman–Crippen LogP) is 1.81. The largest absolute Gasteiger partial charge is 0.480 e. The van der Waals surface area contributed by atoms with E-state index < -0.39 is 0 Å². The van der Waals surface area contributed by atoms with Gasteiger partial charge in [0.25, 0.3) is 5.91 Å². The van der Waals surface area contributed by atoms with Gasteiger partial charge in [-0.25, -0.2) is 9.97 Å². The first-order valence-corrected chi connectivity index (χ1v) is 7.07. The molecule has 110 valence electrons. The maximum atomic E-state index is 12.4. The van der Waals surface area contributed by atoms with Crippen molar-refractivity contribution in [3.05, 3.63) is 42.6 Å². The number of nitrogens with zero attached hydrogens (tertiary/aromatic N) is 3. The first kappa shape index (κ1) is 13.6. The molecule has 6 heteroatoms. The van der Waals surface area contributed by atoms with Crippen molar-refractivity contribution in [1.82, 2.24) is 19.9 Å². The number of amides is 1. The molecule has 2 heterocycles. The lowest BCUT2D eigenvalue weighted by Gasteiger charge is -2.22. The first-order valence-electron chi connectivity index (χ1n) is 7.07. The third kappa shape index (κ3) is 2.74. The van der Waals surface area contributed by atoms with Gasteiger partial charge in [-0.3, -0.25) is 4.79 Å². The summed E-state index contributed by atoms with van der Waals surface area (Å²) in [7, 11) is 1.52. The van der Waals surface area contributed by atoms with Crippen LogP contribution in [-0.4, -0.2) is 33.6 Å². The fraction of sp³-hybridized carbons (Fsp3) is 0.400.